The maximum absolute atomic E-state index is 11.3. The highest BCUT2D eigenvalue weighted by Crippen LogP contribution is 2.13. The van der Waals surface area contributed by atoms with Crippen molar-refractivity contribution in [3.05, 3.63) is 26.3 Å². The zero-order chi connectivity index (χ0) is 9.14. The average Bonchev–Trinajstić information content (AvgIpc) is 2.07. The minimum absolute atomic E-state index is 0.160. The first kappa shape index (κ1) is 9.70. The number of ether oxygens (including phenoxy) is 1. The average molecular weight is 253 g/mol. The highest BCUT2D eigenvalue weighted by atomic mass is 79.9. The molecule has 6 heteroatoms. The van der Waals surface area contributed by atoms with Gasteiger partial charge in [0, 0.05) is 7.11 Å². The molecule has 0 aliphatic carbocycles. The Morgan fingerprint density at radius 1 is 1.83 bits per heavy atom. The third-order valence-corrected chi connectivity index (χ3v) is 2.44. The molecule has 0 N–H and O–H groups in total. The highest BCUT2D eigenvalue weighted by molar-refractivity contribution is 9.10. The van der Waals surface area contributed by atoms with Gasteiger partial charge in [-0.05, 0) is 15.9 Å². The zero-order valence-electron chi connectivity index (χ0n) is 6.25. The van der Waals surface area contributed by atoms with E-state index in [1.54, 1.807) is 0 Å². The summed E-state index contributed by atoms with van der Waals surface area (Å²) in [5.41, 5.74) is -0.253. The fraction of sp³-hybridized carbons (Fsp3) is 0.333. The molecular weight excluding hydrogens is 247 g/mol. The van der Waals surface area contributed by atoms with Gasteiger partial charge in [-0.15, -0.1) is 0 Å². The van der Waals surface area contributed by atoms with E-state index in [1.165, 1.54) is 18.0 Å². The molecule has 12 heavy (non-hydrogen) atoms. The second kappa shape index (κ2) is 4.02. The Hall–Kier alpha value is -0.390. The van der Waals surface area contributed by atoms with Crippen molar-refractivity contribution in [3.8, 4) is 0 Å². The number of hydrogen-bond acceptors (Lipinski definition) is 3. The van der Waals surface area contributed by atoms with Crippen LogP contribution in [0.15, 0.2) is 15.6 Å². The third-order valence-electron chi connectivity index (χ3n) is 1.21. The summed E-state index contributed by atoms with van der Waals surface area (Å²) in [6, 6.07) is 0. The summed E-state index contributed by atoms with van der Waals surface area (Å²) >= 11 is 8.59. The van der Waals surface area contributed by atoms with Crippen molar-refractivity contribution in [3.63, 3.8) is 0 Å². The van der Waals surface area contributed by atoms with Crippen LogP contribution < -0.4 is 5.56 Å². The lowest BCUT2D eigenvalue weighted by molar-refractivity contribution is 0.127. The molecule has 0 radical (unpaired) electrons. The van der Waals surface area contributed by atoms with Gasteiger partial charge >= 0.3 is 0 Å². The van der Waals surface area contributed by atoms with Gasteiger partial charge in [0.05, 0.1) is 0 Å². The summed E-state index contributed by atoms with van der Waals surface area (Å²) in [7, 11) is 1.49. The molecule has 0 aromatic carbocycles. The molecule has 0 atom stereocenters. The second-order valence-electron chi connectivity index (χ2n) is 2.04. The highest BCUT2D eigenvalue weighted by Gasteiger charge is 2.05. The summed E-state index contributed by atoms with van der Waals surface area (Å²) < 4.78 is 6.32. The van der Waals surface area contributed by atoms with Crippen molar-refractivity contribution in [1.82, 2.24) is 9.55 Å². The number of methoxy groups -OCH3 is 1. The molecule has 0 bridgehead atoms. The number of halogens is 2. The van der Waals surface area contributed by atoms with Gasteiger partial charge in [0.15, 0.2) is 5.15 Å². The van der Waals surface area contributed by atoms with Crippen LogP contribution in [0.2, 0.25) is 5.15 Å². The lowest BCUT2D eigenvalue weighted by Crippen LogP contribution is -2.21. The number of aromatic nitrogens is 2. The van der Waals surface area contributed by atoms with Crippen LogP contribution in [0.3, 0.4) is 0 Å². The van der Waals surface area contributed by atoms with Gasteiger partial charge in [-0.2, -0.15) is 0 Å². The minimum atomic E-state index is -0.253. The van der Waals surface area contributed by atoms with Crippen LogP contribution in [-0.2, 0) is 11.5 Å². The summed E-state index contributed by atoms with van der Waals surface area (Å²) in [5.74, 6) is 0. The van der Waals surface area contributed by atoms with Crippen molar-refractivity contribution in [1.29, 1.82) is 0 Å². The van der Waals surface area contributed by atoms with Gasteiger partial charge in [0.2, 0.25) is 0 Å². The molecule has 4 nitrogen and oxygen atoms in total. The van der Waals surface area contributed by atoms with Gasteiger partial charge in [0.25, 0.3) is 5.56 Å². The van der Waals surface area contributed by atoms with E-state index >= 15 is 0 Å². The number of nitrogens with zero attached hydrogens (tertiary/aromatic N) is 2. The predicted molar refractivity (Wildman–Crippen MR) is 48.2 cm³/mol. The first-order valence-electron chi connectivity index (χ1n) is 3.06. The Balaban J connectivity index is 3.18. The van der Waals surface area contributed by atoms with E-state index in [2.05, 4.69) is 20.9 Å². The van der Waals surface area contributed by atoms with Crippen molar-refractivity contribution >= 4 is 27.5 Å². The predicted octanol–water partition coefficient (Wildman–Crippen LogP) is 1.26. The molecule has 66 valence electrons. The van der Waals surface area contributed by atoms with Gasteiger partial charge in [-0.1, -0.05) is 11.6 Å². The maximum Gasteiger partial charge on any atom is 0.271 e. The fourth-order valence-electron chi connectivity index (χ4n) is 0.675. The lowest BCUT2D eigenvalue weighted by Gasteiger charge is -2.03. The van der Waals surface area contributed by atoms with Crippen LogP contribution in [0.5, 0.6) is 0 Å². The van der Waals surface area contributed by atoms with E-state index in [9.17, 15) is 4.79 Å². The zero-order valence-corrected chi connectivity index (χ0v) is 8.59. The third kappa shape index (κ3) is 1.85. The van der Waals surface area contributed by atoms with Crippen LogP contribution in [0, 0.1) is 0 Å². The molecule has 1 aromatic rings. The Morgan fingerprint density at radius 3 is 3.08 bits per heavy atom. The molecule has 1 aromatic heterocycles. The summed E-state index contributed by atoms with van der Waals surface area (Å²) in [6.07, 6.45) is 1.33. The van der Waals surface area contributed by atoms with E-state index in [-0.39, 0.29) is 21.9 Å². The fourth-order valence-corrected chi connectivity index (χ4v) is 1.13. The van der Waals surface area contributed by atoms with Crippen LogP contribution in [0.4, 0.5) is 0 Å². The van der Waals surface area contributed by atoms with Crippen molar-refractivity contribution < 1.29 is 4.74 Å². The SMILES string of the molecule is COCn1cnc(Cl)c(Br)c1=O. The molecule has 0 fully saturated rings. The molecule has 1 heterocycles. The smallest absolute Gasteiger partial charge is 0.271 e. The van der Waals surface area contributed by atoms with Crippen molar-refractivity contribution in [2.24, 2.45) is 0 Å². The monoisotopic (exact) mass is 252 g/mol. The van der Waals surface area contributed by atoms with Gasteiger partial charge in [-0.25, -0.2) is 4.98 Å². The largest absolute Gasteiger partial charge is 0.364 e. The number of hydrogen-bond donors (Lipinski definition) is 0. The van der Waals surface area contributed by atoms with Gasteiger partial charge in [-0.3, -0.25) is 9.36 Å². The Morgan fingerprint density at radius 2 is 2.50 bits per heavy atom. The maximum atomic E-state index is 11.3. The van der Waals surface area contributed by atoms with E-state index in [0.29, 0.717) is 0 Å². The molecule has 0 spiro atoms. The lowest BCUT2D eigenvalue weighted by atomic mass is 10.6. The molecule has 0 amide bonds. The first-order chi connectivity index (χ1) is 5.66. The van der Waals surface area contributed by atoms with Crippen molar-refractivity contribution in [2.75, 3.05) is 7.11 Å². The van der Waals surface area contributed by atoms with E-state index in [0.717, 1.165) is 0 Å². The van der Waals surface area contributed by atoms with E-state index in [1.807, 2.05) is 0 Å². The molecule has 1 rings (SSSR count). The van der Waals surface area contributed by atoms with Crippen molar-refractivity contribution in [2.45, 2.75) is 6.73 Å². The van der Waals surface area contributed by atoms with E-state index in [4.69, 9.17) is 16.3 Å². The number of rotatable bonds is 2. The van der Waals surface area contributed by atoms with E-state index < -0.39 is 0 Å². The standard InChI is InChI=1S/C6H6BrClN2O2/c1-12-3-10-2-9-5(8)4(7)6(10)11/h2H,3H2,1H3. The molecule has 0 saturated carbocycles. The molecule has 0 aliphatic heterocycles. The van der Waals surface area contributed by atoms with Crippen LogP contribution in [0.1, 0.15) is 0 Å². The molecule has 0 saturated heterocycles. The molecule has 0 aliphatic rings. The second-order valence-corrected chi connectivity index (χ2v) is 3.19. The van der Waals surface area contributed by atoms with Crippen LogP contribution in [0.25, 0.3) is 0 Å². The Bertz CT molecular complexity index is 339. The quantitative estimate of drug-likeness (QED) is 0.746. The topological polar surface area (TPSA) is 44.1 Å². The van der Waals surface area contributed by atoms with Gasteiger partial charge in [0.1, 0.15) is 17.5 Å². The van der Waals surface area contributed by atoms with Crippen LogP contribution >= 0.6 is 27.5 Å². The summed E-state index contributed by atoms with van der Waals surface area (Å²) in [6.45, 7) is 0.168. The normalized spacial score (nSPS) is 10.2. The minimum Gasteiger partial charge on any atom is -0.364 e. The Labute approximate surface area is 82.3 Å². The Kier molecular flexibility index (Phi) is 3.25. The summed E-state index contributed by atoms with van der Waals surface area (Å²) in [4.78, 5) is 15.1. The van der Waals surface area contributed by atoms with Crippen LogP contribution in [-0.4, -0.2) is 16.7 Å². The van der Waals surface area contributed by atoms with Gasteiger partial charge < -0.3 is 4.74 Å². The summed E-state index contributed by atoms with van der Waals surface area (Å²) in [5, 5.41) is 0.160. The first-order valence-corrected chi connectivity index (χ1v) is 4.23. The molecule has 0 unspecified atom stereocenters. The molecular formula is C6H6BrClN2O2.